The van der Waals surface area contributed by atoms with Gasteiger partial charge in [-0.05, 0) is 24.1 Å². The molecule has 1 aromatic carbocycles. The van der Waals surface area contributed by atoms with Crippen LogP contribution in [0.15, 0.2) is 18.2 Å². The first kappa shape index (κ1) is 11.9. The van der Waals surface area contributed by atoms with Crippen molar-refractivity contribution < 1.29 is 13.2 Å². The lowest BCUT2D eigenvalue weighted by atomic mass is 10.2. The maximum Gasteiger partial charge on any atom is 0.214 e. The zero-order valence-corrected chi connectivity index (χ0v) is 9.82. The molecule has 15 heavy (non-hydrogen) atoms. The van der Waals surface area contributed by atoms with Crippen molar-refractivity contribution in [2.24, 2.45) is 0 Å². The van der Waals surface area contributed by atoms with Crippen LogP contribution in [0.4, 0.5) is 0 Å². The van der Waals surface area contributed by atoms with Crippen LogP contribution >= 0.6 is 11.6 Å². The van der Waals surface area contributed by atoms with Crippen LogP contribution in [0.25, 0.3) is 0 Å². The van der Waals surface area contributed by atoms with Gasteiger partial charge in [0.2, 0.25) is 9.84 Å². The summed E-state index contributed by atoms with van der Waals surface area (Å²) in [6, 6.07) is 4.81. The first-order valence-corrected chi connectivity index (χ1v) is 6.25. The van der Waals surface area contributed by atoms with Gasteiger partial charge in [0.25, 0.3) is 0 Å². The van der Waals surface area contributed by atoms with E-state index in [1.807, 2.05) is 0 Å². The average Bonchev–Trinajstić information content (AvgIpc) is 2.13. The van der Waals surface area contributed by atoms with Gasteiger partial charge >= 0.3 is 0 Å². The SMILES string of the molecule is COc1cc(Cl)cc(C#CS(C)(=O)=O)c1. The summed E-state index contributed by atoms with van der Waals surface area (Å²) >= 11 is 5.78. The number of benzene rings is 1. The summed E-state index contributed by atoms with van der Waals surface area (Å²) in [5.41, 5.74) is 0.504. The maximum atomic E-state index is 10.8. The fourth-order valence-electron chi connectivity index (χ4n) is 0.904. The fourth-order valence-corrected chi connectivity index (χ4v) is 1.43. The molecule has 5 heteroatoms. The molecule has 0 saturated heterocycles. The van der Waals surface area contributed by atoms with Gasteiger partial charge < -0.3 is 4.74 Å². The van der Waals surface area contributed by atoms with Crippen molar-refractivity contribution in [3.8, 4) is 16.9 Å². The number of sulfone groups is 1. The Labute approximate surface area is 93.9 Å². The zero-order chi connectivity index (χ0) is 11.5. The maximum absolute atomic E-state index is 10.8. The van der Waals surface area contributed by atoms with E-state index in [0.29, 0.717) is 16.3 Å². The van der Waals surface area contributed by atoms with Crippen LogP contribution in [0.5, 0.6) is 5.75 Å². The van der Waals surface area contributed by atoms with Gasteiger partial charge in [0.05, 0.1) is 13.4 Å². The standard InChI is InChI=1S/C10H9ClO3S/c1-14-10-6-8(5-9(11)7-10)3-4-15(2,12)13/h5-7H,1-2H3. The second kappa shape index (κ2) is 4.56. The van der Waals surface area contributed by atoms with Crippen molar-refractivity contribution >= 4 is 21.4 Å². The van der Waals surface area contributed by atoms with E-state index in [-0.39, 0.29) is 0 Å². The predicted molar refractivity (Wildman–Crippen MR) is 59.7 cm³/mol. The Balaban J connectivity index is 3.14. The Hall–Kier alpha value is -1.18. The zero-order valence-electron chi connectivity index (χ0n) is 8.24. The summed E-state index contributed by atoms with van der Waals surface area (Å²) in [5.74, 6) is 3.04. The molecule has 0 saturated carbocycles. The van der Waals surface area contributed by atoms with E-state index in [4.69, 9.17) is 16.3 Å². The summed E-state index contributed by atoms with van der Waals surface area (Å²) in [5, 5.41) is 2.58. The lowest BCUT2D eigenvalue weighted by molar-refractivity contribution is 0.414. The molecule has 0 aliphatic rings. The van der Waals surface area contributed by atoms with Gasteiger partial charge in [0, 0.05) is 15.8 Å². The Morgan fingerprint density at radius 2 is 2.00 bits per heavy atom. The van der Waals surface area contributed by atoms with E-state index in [0.717, 1.165) is 6.26 Å². The van der Waals surface area contributed by atoms with E-state index >= 15 is 0 Å². The molecule has 0 heterocycles. The van der Waals surface area contributed by atoms with Gasteiger partial charge in [-0.2, -0.15) is 0 Å². The third-order valence-electron chi connectivity index (χ3n) is 1.49. The van der Waals surface area contributed by atoms with Crippen molar-refractivity contribution in [3.05, 3.63) is 28.8 Å². The topological polar surface area (TPSA) is 43.4 Å². The molecule has 0 bridgehead atoms. The normalized spacial score (nSPS) is 10.3. The number of ether oxygens (including phenoxy) is 1. The minimum Gasteiger partial charge on any atom is -0.497 e. The van der Waals surface area contributed by atoms with E-state index in [2.05, 4.69) is 11.2 Å². The highest BCUT2D eigenvalue weighted by Crippen LogP contribution is 2.19. The second-order valence-electron chi connectivity index (χ2n) is 2.88. The van der Waals surface area contributed by atoms with Gasteiger partial charge in [-0.25, -0.2) is 8.42 Å². The number of rotatable bonds is 1. The first-order chi connectivity index (χ1) is 6.90. The number of methoxy groups -OCH3 is 1. The second-order valence-corrected chi connectivity index (χ2v) is 5.06. The smallest absolute Gasteiger partial charge is 0.214 e. The minimum absolute atomic E-state index is 0.451. The minimum atomic E-state index is -3.30. The van der Waals surface area contributed by atoms with E-state index in [9.17, 15) is 8.42 Å². The van der Waals surface area contributed by atoms with Crippen molar-refractivity contribution in [1.29, 1.82) is 0 Å². The molecule has 1 aromatic rings. The third-order valence-corrected chi connectivity index (χ3v) is 2.18. The number of hydrogen-bond acceptors (Lipinski definition) is 3. The third kappa shape index (κ3) is 4.24. The molecule has 0 aromatic heterocycles. The lowest BCUT2D eigenvalue weighted by Crippen LogP contribution is -1.89. The van der Waals surface area contributed by atoms with Crippen molar-refractivity contribution in [2.75, 3.05) is 13.4 Å². The Kier molecular flexibility index (Phi) is 3.61. The Morgan fingerprint density at radius 3 is 2.53 bits per heavy atom. The summed E-state index contributed by atoms with van der Waals surface area (Å²) in [6.45, 7) is 0. The largest absolute Gasteiger partial charge is 0.497 e. The van der Waals surface area contributed by atoms with Crippen LogP contribution in [0, 0.1) is 11.2 Å². The molecule has 0 atom stereocenters. The quantitative estimate of drug-likeness (QED) is 0.707. The Morgan fingerprint density at radius 1 is 1.33 bits per heavy atom. The van der Waals surface area contributed by atoms with E-state index < -0.39 is 9.84 Å². The van der Waals surface area contributed by atoms with Crippen LogP contribution < -0.4 is 4.74 Å². The van der Waals surface area contributed by atoms with Crippen LogP contribution in [0.2, 0.25) is 5.02 Å². The van der Waals surface area contributed by atoms with Crippen LogP contribution in [0.3, 0.4) is 0 Å². The predicted octanol–water partition coefficient (Wildman–Crippen LogP) is 1.70. The van der Waals surface area contributed by atoms with Crippen LogP contribution in [-0.2, 0) is 9.84 Å². The fraction of sp³-hybridized carbons (Fsp3) is 0.200. The highest BCUT2D eigenvalue weighted by Gasteiger charge is 1.98. The summed E-state index contributed by atoms with van der Waals surface area (Å²) < 4.78 is 26.6. The average molecular weight is 245 g/mol. The monoisotopic (exact) mass is 244 g/mol. The highest BCUT2D eigenvalue weighted by molar-refractivity contribution is 7.95. The van der Waals surface area contributed by atoms with Gasteiger partial charge in [-0.1, -0.05) is 11.6 Å². The molecule has 0 radical (unpaired) electrons. The molecule has 3 nitrogen and oxygen atoms in total. The van der Waals surface area contributed by atoms with E-state index in [1.165, 1.54) is 7.11 Å². The molecule has 0 unspecified atom stereocenters. The molecular weight excluding hydrogens is 236 g/mol. The van der Waals surface area contributed by atoms with Gasteiger partial charge in [-0.15, -0.1) is 0 Å². The molecule has 80 valence electrons. The van der Waals surface area contributed by atoms with Crippen LogP contribution in [-0.4, -0.2) is 21.8 Å². The number of hydrogen-bond donors (Lipinski definition) is 0. The molecule has 0 aliphatic heterocycles. The summed E-state index contributed by atoms with van der Waals surface area (Å²) in [6.07, 6.45) is 1.04. The number of halogens is 1. The van der Waals surface area contributed by atoms with Crippen molar-refractivity contribution in [1.82, 2.24) is 0 Å². The van der Waals surface area contributed by atoms with Crippen molar-refractivity contribution in [3.63, 3.8) is 0 Å². The van der Waals surface area contributed by atoms with Gasteiger partial charge in [0.15, 0.2) is 0 Å². The molecule has 0 spiro atoms. The molecular formula is C10H9ClO3S. The molecule has 0 fully saturated rings. The molecule has 1 rings (SSSR count). The lowest BCUT2D eigenvalue weighted by Gasteiger charge is -2.00. The molecule has 0 amide bonds. The van der Waals surface area contributed by atoms with Crippen molar-refractivity contribution in [2.45, 2.75) is 0 Å². The Bertz CT molecular complexity index is 523. The summed E-state index contributed by atoms with van der Waals surface area (Å²) in [7, 11) is -1.80. The van der Waals surface area contributed by atoms with E-state index in [1.54, 1.807) is 18.2 Å². The summed E-state index contributed by atoms with van der Waals surface area (Å²) in [4.78, 5) is 0. The molecule has 0 N–H and O–H groups in total. The molecule has 0 aliphatic carbocycles. The first-order valence-electron chi connectivity index (χ1n) is 3.98. The highest BCUT2D eigenvalue weighted by atomic mass is 35.5. The van der Waals surface area contributed by atoms with Gasteiger partial charge in [0.1, 0.15) is 5.75 Å². The van der Waals surface area contributed by atoms with Gasteiger partial charge in [-0.3, -0.25) is 0 Å². The van der Waals surface area contributed by atoms with Crippen LogP contribution in [0.1, 0.15) is 5.56 Å².